The number of amides is 1. The Hall–Kier alpha value is -1.76. The Balaban J connectivity index is 1.16. The number of halogens is 1. The summed E-state index contributed by atoms with van der Waals surface area (Å²) < 4.78 is 4.76. The number of anilines is 1. The molecule has 3 heterocycles. The van der Waals surface area contributed by atoms with Crippen LogP contribution in [0, 0.1) is 5.92 Å². The molecule has 0 spiro atoms. The molecule has 0 bridgehead atoms. The predicted molar refractivity (Wildman–Crippen MR) is 116 cm³/mol. The van der Waals surface area contributed by atoms with Gasteiger partial charge in [0.1, 0.15) is 5.84 Å². The molecule has 1 unspecified atom stereocenters. The molecule has 1 aromatic carbocycles. The number of allylic oxidation sites excluding steroid dienone is 2. The monoisotopic (exact) mass is 414 g/mol. The third-order valence-electron chi connectivity index (χ3n) is 5.94. The Morgan fingerprint density at radius 1 is 1.18 bits per heavy atom. The summed E-state index contributed by atoms with van der Waals surface area (Å²) in [6.45, 7) is 5.13. The molecule has 5 nitrogen and oxygen atoms in total. The van der Waals surface area contributed by atoms with Gasteiger partial charge >= 0.3 is 0 Å². The van der Waals surface area contributed by atoms with Gasteiger partial charge in [0.25, 0.3) is 0 Å². The summed E-state index contributed by atoms with van der Waals surface area (Å²) in [4.78, 5) is 16.5. The van der Waals surface area contributed by atoms with E-state index in [1.807, 2.05) is 6.07 Å². The van der Waals surface area contributed by atoms with Crippen LogP contribution in [0.2, 0.25) is 5.02 Å². The standard InChI is InChI=1S/C21H23ClN4OS/c22-17-13-18-15(12-20(27)23-18)11-14(17)5-6-25-7-9-26(10-8-25)21-16-3-1-2-4-19(16)28-24-21/h1-4,11,13,16,19H,5-10,12H2,(H,23,27)/t16-,19?/m0/s1. The Labute approximate surface area is 174 Å². The van der Waals surface area contributed by atoms with Crippen molar-refractivity contribution in [3.8, 4) is 0 Å². The molecule has 1 saturated heterocycles. The molecule has 3 aliphatic heterocycles. The smallest absolute Gasteiger partial charge is 0.228 e. The molecule has 5 rings (SSSR count). The maximum absolute atomic E-state index is 11.6. The fourth-order valence-electron chi connectivity index (χ4n) is 4.33. The second-order valence-corrected chi connectivity index (χ2v) is 9.06. The van der Waals surface area contributed by atoms with Crippen molar-refractivity contribution in [3.63, 3.8) is 0 Å². The van der Waals surface area contributed by atoms with Crippen molar-refractivity contribution < 1.29 is 4.79 Å². The third-order valence-corrected chi connectivity index (χ3v) is 7.28. The van der Waals surface area contributed by atoms with E-state index in [1.54, 1.807) is 11.9 Å². The second kappa shape index (κ2) is 7.58. The number of rotatable bonds is 3. The van der Waals surface area contributed by atoms with E-state index in [9.17, 15) is 4.79 Å². The number of carbonyl (C=O) groups excluding carboxylic acids is 1. The zero-order valence-electron chi connectivity index (χ0n) is 15.6. The normalized spacial score (nSPS) is 26.2. The number of nitrogens with one attached hydrogen (secondary N) is 1. The van der Waals surface area contributed by atoms with Crippen molar-refractivity contribution in [3.05, 3.63) is 52.6 Å². The largest absolute Gasteiger partial charge is 0.356 e. The minimum atomic E-state index is 0.0536. The van der Waals surface area contributed by atoms with Crippen LogP contribution in [0.1, 0.15) is 11.1 Å². The summed E-state index contributed by atoms with van der Waals surface area (Å²) in [6.07, 6.45) is 10.2. The fourth-order valence-corrected chi connectivity index (χ4v) is 5.56. The van der Waals surface area contributed by atoms with Gasteiger partial charge in [0.05, 0.1) is 17.6 Å². The molecule has 0 saturated carbocycles. The SMILES string of the molecule is O=C1Cc2cc(CCN3CCN(C4=NSC5C=CC=C[C@H]45)CC3)c(Cl)cc2N1. The van der Waals surface area contributed by atoms with E-state index in [4.69, 9.17) is 16.0 Å². The zero-order chi connectivity index (χ0) is 19.1. The minimum Gasteiger partial charge on any atom is -0.356 e. The molecule has 2 atom stereocenters. The molecule has 0 radical (unpaired) electrons. The lowest BCUT2D eigenvalue weighted by molar-refractivity contribution is -0.115. The van der Waals surface area contributed by atoms with E-state index < -0.39 is 0 Å². The van der Waals surface area contributed by atoms with Crippen molar-refractivity contribution in [2.45, 2.75) is 18.1 Å². The highest BCUT2D eigenvalue weighted by atomic mass is 35.5. The molecule has 146 valence electrons. The number of carbonyl (C=O) groups is 1. The Bertz CT molecular complexity index is 889. The van der Waals surface area contributed by atoms with Crippen LogP contribution in [0.5, 0.6) is 0 Å². The van der Waals surface area contributed by atoms with Gasteiger partial charge in [-0.05, 0) is 35.6 Å². The summed E-state index contributed by atoms with van der Waals surface area (Å²) in [7, 11) is 0. The Morgan fingerprint density at radius 3 is 2.86 bits per heavy atom. The van der Waals surface area contributed by atoms with Gasteiger partial charge in [0.15, 0.2) is 0 Å². The summed E-state index contributed by atoms with van der Waals surface area (Å²) in [5.41, 5.74) is 3.07. The minimum absolute atomic E-state index is 0.0536. The van der Waals surface area contributed by atoms with Gasteiger partial charge in [-0.1, -0.05) is 42.0 Å². The number of nitrogens with zero attached hydrogens (tertiary/aromatic N) is 3. The van der Waals surface area contributed by atoms with Gasteiger partial charge in [0.2, 0.25) is 5.91 Å². The summed E-state index contributed by atoms with van der Waals surface area (Å²) in [5, 5.41) is 4.08. The first-order valence-corrected chi connectivity index (χ1v) is 11.1. The van der Waals surface area contributed by atoms with E-state index in [0.29, 0.717) is 17.6 Å². The van der Waals surface area contributed by atoms with Crippen molar-refractivity contribution in [1.29, 1.82) is 0 Å². The molecule has 1 aromatic rings. The number of hydrogen-bond donors (Lipinski definition) is 1. The number of benzene rings is 1. The lowest BCUT2D eigenvalue weighted by Crippen LogP contribution is -2.50. The van der Waals surface area contributed by atoms with Crippen molar-refractivity contribution in [2.75, 3.05) is 38.0 Å². The first-order valence-electron chi connectivity index (χ1n) is 9.84. The molecular weight excluding hydrogens is 392 g/mol. The molecule has 4 aliphatic rings. The lowest BCUT2D eigenvalue weighted by atomic mass is 9.98. The van der Waals surface area contributed by atoms with Gasteiger partial charge in [-0.3, -0.25) is 9.69 Å². The highest BCUT2D eigenvalue weighted by Gasteiger charge is 2.34. The van der Waals surface area contributed by atoms with E-state index in [1.165, 1.54) is 5.84 Å². The van der Waals surface area contributed by atoms with Crippen LogP contribution >= 0.6 is 23.5 Å². The van der Waals surface area contributed by atoms with E-state index in [-0.39, 0.29) is 5.91 Å². The molecular formula is C21H23ClN4OS. The quantitative estimate of drug-likeness (QED) is 0.772. The highest BCUT2D eigenvalue weighted by molar-refractivity contribution is 7.99. The van der Waals surface area contributed by atoms with Gasteiger partial charge in [0, 0.05) is 43.4 Å². The molecule has 1 N–H and O–H groups in total. The molecule has 7 heteroatoms. The van der Waals surface area contributed by atoms with Gasteiger partial charge in [-0.25, -0.2) is 4.40 Å². The van der Waals surface area contributed by atoms with Crippen LogP contribution in [0.4, 0.5) is 5.69 Å². The van der Waals surface area contributed by atoms with E-state index >= 15 is 0 Å². The maximum atomic E-state index is 11.6. The van der Waals surface area contributed by atoms with Gasteiger partial charge < -0.3 is 10.2 Å². The van der Waals surface area contributed by atoms with Crippen molar-refractivity contribution in [1.82, 2.24) is 9.80 Å². The van der Waals surface area contributed by atoms with Crippen molar-refractivity contribution in [2.24, 2.45) is 10.3 Å². The lowest BCUT2D eigenvalue weighted by Gasteiger charge is -2.37. The molecule has 1 fully saturated rings. The van der Waals surface area contributed by atoms with Crippen LogP contribution in [-0.4, -0.2) is 59.5 Å². The summed E-state index contributed by atoms with van der Waals surface area (Å²) in [6, 6.07) is 3.99. The highest BCUT2D eigenvalue weighted by Crippen LogP contribution is 2.36. The topological polar surface area (TPSA) is 47.9 Å². The average Bonchev–Trinajstić information content (AvgIpc) is 3.29. The summed E-state index contributed by atoms with van der Waals surface area (Å²) in [5.74, 6) is 1.73. The zero-order valence-corrected chi connectivity index (χ0v) is 17.2. The van der Waals surface area contributed by atoms with Crippen molar-refractivity contribution >= 4 is 41.0 Å². The maximum Gasteiger partial charge on any atom is 0.228 e. The Morgan fingerprint density at radius 2 is 2.00 bits per heavy atom. The average molecular weight is 415 g/mol. The predicted octanol–water partition coefficient (Wildman–Crippen LogP) is 3.17. The molecule has 1 amide bonds. The van der Waals surface area contributed by atoms with E-state index in [0.717, 1.165) is 61.0 Å². The number of amidine groups is 1. The van der Waals surface area contributed by atoms with Gasteiger partial charge in [-0.2, -0.15) is 0 Å². The fraction of sp³-hybridized carbons (Fsp3) is 0.429. The van der Waals surface area contributed by atoms with Gasteiger partial charge in [-0.15, -0.1) is 0 Å². The Kier molecular flexibility index (Phi) is 4.95. The number of fused-ring (bicyclic) bond motifs is 2. The number of piperazine rings is 1. The van der Waals surface area contributed by atoms with Crippen LogP contribution < -0.4 is 5.32 Å². The first-order chi connectivity index (χ1) is 13.7. The first kappa shape index (κ1) is 18.3. The number of hydrogen-bond acceptors (Lipinski definition) is 5. The molecule has 0 aromatic heterocycles. The van der Waals surface area contributed by atoms with E-state index in [2.05, 4.69) is 45.5 Å². The third kappa shape index (κ3) is 3.49. The van der Waals surface area contributed by atoms with Crippen LogP contribution in [-0.2, 0) is 17.6 Å². The molecule has 1 aliphatic carbocycles. The van der Waals surface area contributed by atoms with Crippen LogP contribution in [0.25, 0.3) is 0 Å². The summed E-state index contributed by atoms with van der Waals surface area (Å²) >= 11 is 8.14. The molecule has 28 heavy (non-hydrogen) atoms. The van der Waals surface area contributed by atoms with Crippen LogP contribution in [0.15, 0.2) is 40.8 Å². The second-order valence-electron chi connectivity index (χ2n) is 7.72. The van der Waals surface area contributed by atoms with Crippen LogP contribution in [0.3, 0.4) is 0 Å².